The molecule has 0 aliphatic carbocycles. The van der Waals surface area contributed by atoms with Gasteiger partial charge in [-0.15, -0.1) is 5.10 Å². The molecule has 1 amide bonds. The van der Waals surface area contributed by atoms with Gasteiger partial charge in [0.25, 0.3) is 5.91 Å². The van der Waals surface area contributed by atoms with E-state index in [2.05, 4.69) is 20.2 Å². The molecule has 3 aromatic rings. The summed E-state index contributed by atoms with van der Waals surface area (Å²) in [5.74, 6) is 0.0295. The Morgan fingerprint density at radius 2 is 1.86 bits per heavy atom. The topological polar surface area (TPSA) is 67.2 Å². The zero-order chi connectivity index (χ0) is 19.6. The molecule has 0 saturated carbocycles. The zero-order valence-corrected chi connectivity index (χ0v) is 16.6. The molecule has 5 rings (SSSR count). The number of amides is 1. The number of pyridine rings is 1. The Kier molecular flexibility index (Phi) is 4.97. The van der Waals surface area contributed by atoms with Gasteiger partial charge in [0.2, 0.25) is 0 Å². The van der Waals surface area contributed by atoms with Crippen molar-refractivity contribution in [3.63, 3.8) is 0 Å². The van der Waals surface area contributed by atoms with Crippen molar-refractivity contribution in [2.45, 2.75) is 45.3 Å². The van der Waals surface area contributed by atoms with Gasteiger partial charge in [0.1, 0.15) is 5.69 Å². The molecule has 1 fully saturated rings. The Labute approximate surface area is 170 Å². The Hall–Kier alpha value is -2.80. The molecule has 150 valence electrons. The van der Waals surface area contributed by atoms with E-state index in [0.717, 1.165) is 61.4 Å². The van der Waals surface area contributed by atoms with Gasteiger partial charge in [0.05, 0.1) is 23.3 Å². The lowest BCUT2D eigenvalue weighted by atomic mass is 10.1. The van der Waals surface area contributed by atoms with Crippen LogP contribution in [0.1, 0.15) is 47.4 Å². The highest BCUT2D eigenvalue weighted by Crippen LogP contribution is 2.21. The summed E-state index contributed by atoms with van der Waals surface area (Å²) in [6.07, 6.45) is 6.40. The summed E-state index contributed by atoms with van der Waals surface area (Å²) in [4.78, 5) is 22.1. The molecule has 4 heterocycles. The standard InChI is InChI=1S/C22H26N6O/c29-22(18-13-17-7-2-3-8-19(17)23-14-18)27-11-6-12-28-21(16-27)20(24-25-28)15-26-9-4-1-5-10-26/h2-3,7-8,13-14H,1,4-6,9-12,15-16H2. The van der Waals surface area contributed by atoms with Gasteiger partial charge in [-0.3, -0.25) is 14.7 Å². The summed E-state index contributed by atoms with van der Waals surface area (Å²) in [7, 11) is 0. The third kappa shape index (κ3) is 3.74. The number of carbonyl (C=O) groups excluding carboxylic acids is 1. The van der Waals surface area contributed by atoms with E-state index in [-0.39, 0.29) is 5.91 Å². The smallest absolute Gasteiger partial charge is 0.255 e. The molecule has 1 aromatic carbocycles. The molecule has 2 aromatic heterocycles. The van der Waals surface area contributed by atoms with Crippen LogP contribution in [0.25, 0.3) is 10.9 Å². The number of piperidine rings is 1. The van der Waals surface area contributed by atoms with E-state index >= 15 is 0 Å². The molecule has 2 aliphatic heterocycles. The number of benzene rings is 1. The van der Waals surface area contributed by atoms with E-state index in [4.69, 9.17) is 0 Å². The van der Waals surface area contributed by atoms with Crippen molar-refractivity contribution in [3.8, 4) is 0 Å². The minimum atomic E-state index is 0.0295. The maximum absolute atomic E-state index is 13.3. The maximum atomic E-state index is 13.3. The van der Waals surface area contributed by atoms with Crippen molar-refractivity contribution in [2.24, 2.45) is 0 Å². The molecule has 0 atom stereocenters. The summed E-state index contributed by atoms with van der Waals surface area (Å²) >= 11 is 0. The fourth-order valence-corrected chi connectivity index (χ4v) is 4.39. The second-order valence-corrected chi connectivity index (χ2v) is 8.04. The van der Waals surface area contributed by atoms with Crippen molar-refractivity contribution in [2.75, 3.05) is 19.6 Å². The molecular formula is C22H26N6O. The first-order valence-corrected chi connectivity index (χ1v) is 10.6. The van der Waals surface area contributed by atoms with Crippen LogP contribution >= 0.6 is 0 Å². The van der Waals surface area contributed by atoms with Crippen molar-refractivity contribution in [3.05, 3.63) is 53.5 Å². The van der Waals surface area contributed by atoms with Crippen LogP contribution in [0.15, 0.2) is 36.5 Å². The first-order chi connectivity index (χ1) is 14.3. The van der Waals surface area contributed by atoms with E-state index in [1.807, 2.05) is 39.9 Å². The molecule has 0 bridgehead atoms. The third-order valence-electron chi connectivity index (χ3n) is 6.00. The van der Waals surface area contributed by atoms with Gasteiger partial charge in [0, 0.05) is 31.2 Å². The Morgan fingerprint density at radius 1 is 1.00 bits per heavy atom. The van der Waals surface area contributed by atoms with Gasteiger partial charge in [0.15, 0.2) is 0 Å². The van der Waals surface area contributed by atoms with Crippen LogP contribution in [-0.2, 0) is 19.6 Å². The van der Waals surface area contributed by atoms with Crippen LogP contribution in [0.4, 0.5) is 0 Å². The van der Waals surface area contributed by atoms with Crippen LogP contribution < -0.4 is 0 Å². The quantitative estimate of drug-likeness (QED) is 0.688. The van der Waals surface area contributed by atoms with E-state index in [1.165, 1.54) is 19.3 Å². The van der Waals surface area contributed by atoms with Gasteiger partial charge in [-0.25, -0.2) is 4.68 Å². The number of para-hydroxylation sites is 1. The van der Waals surface area contributed by atoms with Crippen LogP contribution in [0.2, 0.25) is 0 Å². The first-order valence-electron chi connectivity index (χ1n) is 10.6. The second-order valence-electron chi connectivity index (χ2n) is 8.04. The number of rotatable bonds is 3. The van der Waals surface area contributed by atoms with Crippen molar-refractivity contribution in [1.29, 1.82) is 0 Å². The summed E-state index contributed by atoms with van der Waals surface area (Å²) in [5.41, 5.74) is 3.65. The highest BCUT2D eigenvalue weighted by Gasteiger charge is 2.25. The lowest BCUT2D eigenvalue weighted by molar-refractivity contribution is 0.0744. The fourth-order valence-electron chi connectivity index (χ4n) is 4.39. The minimum absolute atomic E-state index is 0.0295. The molecule has 0 N–H and O–H groups in total. The normalized spacial score (nSPS) is 17.9. The molecule has 7 heteroatoms. The molecule has 0 radical (unpaired) electrons. The number of hydrogen-bond acceptors (Lipinski definition) is 5. The van der Waals surface area contributed by atoms with Gasteiger partial charge in [-0.05, 0) is 44.5 Å². The molecule has 7 nitrogen and oxygen atoms in total. The highest BCUT2D eigenvalue weighted by atomic mass is 16.2. The lowest BCUT2D eigenvalue weighted by Gasteiger charge is -2.26. The Bertz CT molecular complexity index is 1020. The van der Waals surface area contributed by atoms with E-state index in [1.54, 1.807) is 6.20 Å². The van der Waals surface area contributed by atoms with Gasteiger partial charge in [-0.2, -0.15) is 0 Å². The molecular weight excluding hydrogens is 364 g/mol. The molecule has 29 heavy (non-hydrogen) atoms. The van der Waals surface area contributed by atoms with Crippen molar-refractivity contribution < 1.29 is 4.79 Å². The zero-order valence-electron chi connectivity index (χ0n) is 16.6. The molecule has 1 saturated heterocycles. The summed E-state index contributed by atoms with van der Waals surface area (Å²) in [5, 5.41) is 9.83. The Morgan fingerprint density at radius 3 is 2.76 bits per heavy atom. The predicted molar refractivity (Wildman–Crippen MR) is 110 cm³/mol. The number of hydrogen-bond donors (Lipinski definition) is 0. The van der Waals surface area contributed by atoms with Crippen LogP contribution in [0.3, 0.4) is 0 Å². The van der Waals surface area contributed by atoms with E-state index in [9.17, 15) is 4.79 Å². The average Bonchev–Trinajstić information content (AvgIpc) is 3.01. The second kappa shape index (κ2) is 7.91. The number of fused-ring (bicyclic) bond motifs is 2. The minimum Gasteiger partial charge on any atom is -0.333 e. The predicted octanol–water partition coefficient (Wildman–Crippen LogP) is 2.86. The number of likely N-dealkylation sites (tertiary alicyclic amines) is 1. The maximum Gasteiger partial charge on any atom is 0.255 e. The number of nitrogens with zero attached hydrogens (tertiary/aromatic N) is 6. The average molecular weight is 390 g/mol. The summed E-state index contributed by atoms with van der Waals surface area (Å²) in [6, 6.07) is 9.84. The third-order valence-corrected chi connectivity index (χ3v) is 6.00. The Balaban J connectivity index is 1.38. The lowest BCUT2D eigenvalue weighted by Crippen LogP contribution is -2.32. The summed E-state index contributed by atoms with van der Waals surface area (Å²) < 4.78 is 1.99. The van der Waals surface area contributed by atoms with E-state index in [0.29, 0.717) is 12.1 Å². The number of carbonyl (C=O) groups is 1. The number of aryl methyl sites for hydroxylation is 1. The van der Waals surface area contributed by atoms with Crippen LogP contribution in [0, 0.1) is 0 Å². The monoisotopic (exact) mass is 390 g/mol. The van der Waals surface area contributed by atoms with Gasteiger partial charge < -0.3 is 4.90 Å². The summed E-state index contributed by atoms with van der Waals surface area (Å²) in [6.45, 7) is 5.16. The largest absolute Gasteiger partial charge is 0.333 e. The first kappa shape index (κ1) is 18.2. The fraction of sp³-hybridized carbons (Fsp3) is 0.455. The SMILES string of the molecule is O=C(c1cnc2ccccc2c1)N1CCCn2nnc(CN3CCCCC3)c2C1. The van der Waals surface area contributed by atoms with Crippen molar-refractivity contribution in [1.82, 2.24) is 29.8 Å². The molecule has 2 aliphatic rings. The van der Waals surface area contributed by atoms with Crippen LogP contribution in [-0.4, -0.2) is 55.3 Å². The molecule has 0 unspecified atom stereocenters. The van der Waals surface area contributed by atoms with E-state index < -0.39 is 0 Å². The van der Waals surface area contributed by atoms with Gasteiger partial charge >= 0.3 is 0 Å². The van der Waals surface area contributed by atoms with Crippen molar-refractivity contribution >= 4 is 16.8 Å². The van der Waals surface area contributed by atoms with Crippen LogP contribution in [0.5, 0.6) is 0 Å². The van der Waals surface area contributed by atoms with Gasteiger partial charge in [-0.1, -0.05) is 29.8 Å². The number of aromatic nitrogens is 4. The molecule has 0 spiro atoms. The highest BCUT2D eigenvalue weighted by molar-refractivity contribution is 5.97.